The van der Waals surface area contributed by atoms with Gasteiger partial charge in [-0.1, -0.05) is 32.9 Å². The van der Waals surface area contributed by atoms with Gasteiger partial charge in [0.2, 0.25) is 0 Å². The second-order valence-electron chi connectivity index (χ2n) is 8.80. The van der Waals surface area contributed by atoms with Gasteiger partial charge < -0.3 is 15.0 Å². The predicted octanol–water partition coefficient (Wildman–Crippen LogP) is 2.39. The van der Waals surface area contributed by atoms with Gasteiger partial charge in [-0.2, -0.15) is 0 Å². The molecule has 1 aliphatic rings. The number of aliphatic hydroxyl groups is 1. The monoisotopic (exact) mass is 358 g/mol. The standard InChI is InChI=1S/C20H30N4O2/c1-19(2,3)13-24-11-7-10-20(26,18(24)25)14-23(4)12-17-21-15-8-5-6-9-16(15)22-17/h5-6,8-9,26H,7,10-14H2,1-4H3,(H,21,22)/t20-/m0/s1. The van der Waals surface area contributed by atoms with Crippen molar-refractivity contribution in [3.63, 3.8) is 0 Å². The van der Waals surface area contributed by atoms with Crippen molar-refractivity contribution in [3.05, 3.63) is 30.1 Å². The van der Waals surface area contributed by atoms with E-state index in [1.807, 2.05) is 41.1 Å². The molecule has 1 saturated heterocycles. The smallest absolute Gasteiger partial charge is 0.255 e. The van der Waals surface area contributed by atoms with Gasteiger partial charge in [-0.05, 0) is 37.4 Å². The highest BCUT2D eigenvalue weighted by Gasteiger charge is 2.43. The number of likely N-dealkylation sites (N-methyl/N-ethyl adjacent to an activating group) is 1. The molecule has 6 nitrogen and oxygen atoms in total. The molecule has 1 fully saturated rings. The molecule has 3 rings (SSSR count). The van der Waals surface area contributed by atoms with Gasteiger partial charge in [-0.25, -0.2) is 4.98 Å². The predicted molar refractivity (Wildman–Crippen MR) is 103 cm³/mol. The van der Waals surface area contributed by atoms with Crippen LogP contribution in [0, 0.1) is 5.41 Å². The van der Waals surface area contributed by atoms with Gasteiger partial charge in [0.05, 0.1) is 17.6 Å². The van der Waals surface area contributed by atoms with Gasteiger partial charge in [0.1, 0.15) is 5.82 Å². The number of nitrogens with one attached hydrogen (secondary N) is 1. The van der Waals surface area contributed by atoms with E-state index in [-0.39, 0.29) is 11.3 Å². The molecule has 0 bridgehead atoms. The average molecular weight is 358 g/mol. The van der Waals surface area contributed by atoms with Gasteiger partial charge >= 0.3 is 0 Å². The molecule has 1 amide bonds. The Morgan fingerprint density at radius 2 is 2.08 bits per heavy atom. The molecule has 1 aromatic heterocycles. The van der Waals surface area contributed by atoms with Gasteiger partial charge in [0.25, 0.3) is 5.91 Å². The quantitative estimate of drug-likeness (QED) is 0.861. The number of carbonyl (C=O) groups is 1. The summed E-state index contributed by atoms with van der Waals surface area (Å²) >= 11 is 0. The third kappa shape index (κ3) is 4.24. The molecule has 1 aliphatic heterocycles. The number of fused-ring (bicyclic) bond motifs is 1. The van der Waals surface area contributed by atoms with Crippen LogP contribution in [0.4, 0.5) is 0 Å². The number of nitrogens with zero attached hydrogens (tertiary/aromatic N) is 3. The largest absolute Gasteiger partial charge is 0.379 e. The molecule has 26 heavy (non-hydrogen) atoms. The summed E-state index contributed by atoms with van der Waals surface area (Å²) in [6, 6.07) is 7.90. The number of hydrogen-bond acceptors (Lipinski definition) is 4. The van der Waals surface area contributed by atoms with E-state index in [0.717, 1.165) is 29.8 Å². The molecule has 2 N–H and O–H groups in total. The third-order valence-corrected chi connectivity index (χ3v) is 4.76. The first-order chi connectivity index (χ1) is 12.2. The number of rotatable bonds is 5. The second kappa shape index (κ2) is 7.00. The molecular formula is C20H30N4O2. The number of likely N-dealkylation sites (tertiary alicyclic amines) is 1. The molecule has 1 atom stereocenters. The lowest BCUT2D eigenvalue weighted by Crippen LogP contribution is -2.59. The number of aromatic amines is 1. The number of para-hydroxylation sites is 2. The number of hydrogen-bond donors (Lipinski definition) is 2. The number of H-pyrrole nitrogens is 1. The van der Waals surface area contributed by atoms with E-state index in [1.54, 1.807) is 0 Å². The maximum Gasteiger partial charge on any atom is 0.255 e. The second-order valence-corrected chi connectivity index (χ2v) is 8.80. The highest BCUT2D eigenvalue weighted by Crippen LogP contribution is 2.27. The first-order valence-electron chi connectivity index (χ1n) is 9.30. The van der Waals surface area contributed by atoms with Crippen LogP contribution in [0.5, 0.6) is 0 Å². The minimum absolute atomic E-state index is 0.0219. The lowest BCUT2D eigenvalue weighted by atomic mass is 9.88. The van der Waals surface area contributed by atoms with Crippen LogP contribution in [0.1, 0.15) is 39.4 Å². The van der Waals surface area contributed by atoms with Gasteiger partial charge in [0.15, 0.2) is 5.60 Å². The van der Waals surface area contributed by atoms with Crippen LogP contribution < -0.4 is 0 Å². The molecule has 0 unspecified atom stereocenters. The molecule has 2 aromatic rings. The van der Waals surface area contributed by atoms with E-state index in [4.69, 9.17) is 0 Å². The lowest BCUT2D eigenvalue weighted by molar-refractivity contribution is -0.160. The normalized spacial score (nSPS) is 21.8. The number of carbonyl (C=O) groups excluding carboxylic acids is 1. The summed E-state index contributed by atoms with van der Waals surface area (Å²) in [5, 5.41) is 11.0. The van der Waals surface area contributed by atoms with Crippen molar-refractivity contribution in [2.24, 2.45) is 5.41 Å². The highest BCUT2D eigenvalue weighted by atomic mass is 16.3. The number of aromatic nitrogens is 2. The highest BCUT2D eigenvalue weighted by molar-refractivity contribution is 5.86. The van der Waals surface area contributed by atoms with Crippen molar-refractivity contribution in [1.29, 1.82) is 0 Å². The fraction of sp³-hybridized carbons (Fsp3) is 0.600. The van der Waals surface area contributed by atoms with Crippen molar-refractivity contribution in [2.45, 2.75) is 45.8 Å². The molecule has 2 heterocycles. The zero-order chi connectivity index (χ0) is 18.9. The lowest BCUT2D eigenvalue weighted by Gasteiger charge is -2.42. The van der Waals surface area contributed by atoms with Gasteiger partial charge in [0, 0.05) is 19.6 Å². The summed E-state index contributed by atoms with van der Waals surface area (Å²) in [4.78, 5) is 24.5. The van der Waals surface area contributed by atoms with E-state index < -0.39 is 5.60 Å². The molecule has 0 aliphatic carbocycles. The average Bonchev–Trinajstić information content (AvgIpc) is 2.92. The SMILES string of the molecule is CN(Cc1nc2ccccc2[nH]1)C[C@@]1(O)CCCN(CC(C)(C)C)C1=O. The van der Waals surface area contributed by atoms with Crippen LogP contribution >= 0.6 is 0 Å². The summed E-state index contributed by atoms with van der Waals surface area (Å²) in [5.74, 6) is 0.697. The summed E-state index contributed by atoms with van der Waals surface area (Å²) in [7, 11) is 1.92. The fourth-order valence-electron chi connectivity index (χ4n) is 3.77. The number of benzene rings is 1. The zero-order valence-corrected chi connectivity index (χ0v) is 16.2. The van der Waals surface area contributed by atoms with E-state index >= 15 is 0 Å². The minimum Gasteiger partial charge on any atom is -0.379 e. The molecule has 6 heteroatoms. The fourth-order valence-corrected chi connectivity index (χ4v) is 3.77. The zero-order valence-electron chi connectivity index (χ0n) is 16.2. The maximum atomic E-state index is 12.9. The van der Waals surface area contributed by atoms with Crippen molar-refractivity contribution < 1.29 is 9.90 Å². The van der Waals surface area contributed by atoms with Crippen LogP contribution in [0.3, 0.4) is 0 Å². The summed E-state index contributed by atoms with van der Waals surface area (Å²) in [6.45, 7) is 8.60. The van der Waals surface area contributed by atoms with Crippen LogP contribution in [0.2, 0.25) is 0 Å². The third-order valence-electron chi connectivity index (χ3n) is 4.76. The Morgan fingerprint density at radius 3 is 2.77 bits per heavy atom. The molecule has 1 aromatic carbocycles. The number of amides is 1. The van der Waals surface area contributed by atoms with E-state index in [9.17, 15) is 9.90 Å². The molecular weight excluding hydrogens is 328 g/mol. The Morgan fingerprint density at radius 1 is 1.35 bits per heavy atom. The van der Waals surface area contributed by atoms with Crippen LogP contribution in [0.15, 0.2) is 24.3 Å². The van der Waals surface area contributed by atoms with Crippen LogP contribution in [-0.4, -0.2) is 63.1 Å². The topological polar surface area (TPSA) is 72.5 Å². The minimum atomic E-state index is -1.32. The van der Waals surface area contributed by atoms with Crippen molar-refractivity contribution >= 4 is 16.9 Å². The molecule has 0 saturated carbocycles. The summed E-state index contributed by atoms with van der Waals surface area (Å²) in [5.41, 5.74) is 0.637. The van der Waals surface area contributed by atoms with Crippen molar-refractivity contribution in [2.75, 3.05) is 26.7 Å². The maximum absolute atomic E-state index is 12.9. The van der Waals surface area contributed by atoms with Crippen molar-refractivity contribution in [1.82, 2.24) is 19.8 Å². The van der Waals surface area contributed by atoms with E-state index in [2.05, 4.69) is 30.7 Å². The summed E-state index contributed by atoms with van der Waals surface area (Å²) in [6.07, 6.45) is 1.34. The number of piperidine rings is 1. The molecule has 0 radical (unpaired) electrons. The van der Waals surface area contributed by atoms with E-state index in [0.29, 0.717) is 26.1 Å². The van der Waals surface area contributed by atoms with Crippen LogP contribution in [0.25, 0.3) is 11.0 Å². The Kier molecular flexibility index (Phi) is 5.08. The molecule has 0 spiro atoms. The van der Waals surface area contributed by atoms with E-state index in [1.165, 1.54) is 0 Å². The Labute approximate surface area is 155 Å². The van der Waals surface area contributed by atoms with Gasteiger partial charge in [-0.15, -0.1) is 0 Å². The van der Waals surface area contributed by atoms with Crippen LogP contribution in [-0.2, 0) is 11.3 Å². The van der Waals surface area contributed by atoms with Crippen molar-refractivity contribution in [3.8, 4) is 0 Å². The Balaban J connectivity index is 1.66. The first kappa shape index (κ1) is 18.9. The van der Waals surface area contributed by atoms with Gasteiger partial charge in [-0.3, -0.25) is 9.69 Å². The Bertz CT molecular complexity index is 746. The Hall–Kier alpha value is -1.92. The summed E-state index contributed by atoms with van der Waals surface area (Å²) < 4.78 is 0. The molecule has 142 valence electrons. The first-order valence-corrected chi connectivity index (χ1v) is 9.30. The number of imidazole rings is 1.